The summed E-state index contributed by atoms with van der Waals surface area (Å²) < 4.78 is 5.78. The molecule has 1 unspecified atom stereocenters. The summed E-state index contributed by atoms with van der Waals surface area (Å²) in [6.07, 6.45) is 0.953. The van der Waals surface area contributed by atoms with Gasteiger partial charge in [0.25, 0.3) is 0 Å². The van der Waals surface area contributed by atoms with Crippen LogP contribution in [0.15, 0.2) is 48.5 Å². The summed E-state index contributed by atoms with van der Waals surface area (Å²) in [4.78, 5) is 0. The van der Waals surface area contributed by atoms with Crippen molar-refractivity contribution in [1.29, 1.82) is 0 Å². The van der Waals surface area contributed by atoms with E-state index >= 15 is 0 Å². The molecule has 2 aromatic carbocycles. The number of hydrogen-bond donors (Lipinski definition) is 1. The highest BCUT2D eigenvalue weighted by Crippen LogP contribution is 2.20. The minimum absolute atomic E-state index is 0.331. The van der Waals surface area contributed by atoms with E-state index in [1.165, 1.54) is 16.7 Å². The van der Waals surface area contributed by atoms with E-state index in [0.29, 0.717) is 12.6 Å². The molecule has 0 aromatic heterocycles. The Morgan fingerprint density at radius 1 is 1.00 bits per heavy atom. The number of para-hydroxylation sites is 1. The minimum atomic E-state index is 0.331. The zero-order chi connectivity index (χ0) is 14.4. The van der Waals surface area contributed by atoms with E-state index in [0.717, 1.165) is 12.2 Å². The van der Waals surface area contributed by atoms with Gasteiger partial charge in [0.1, 0.15) is 5.75 Å². The van der Waals surface area contributed by atoms with Gasteiger partial charge in [-0.05, 0) is 38.6 Å². The predicted octanol–water partition coefficient (Wildman–Crippen LogP) is 4.03. The Morgan fingerprint density at radius 3 is 2.25 bits per heavy atom. The zero-order valence-electron chi connectivity index (χ0n) is 12.5. The van der Waals surface area contributed by atoms with Crippen molar-refractivity contribution in [2.75, 3.05) is 13.7 Å². The van der Waals surface area contributed by atoms with Crippen molar-refractivity contribution in [1.82, 2.24) is 5.32 Å². The molecular weight excluding hydrogens is 246 g/mol. The maximum Gasteiger partial charge on any atom is 0.119 e. The van der Waals surface area contributed by atoms with Crippen molar-refractivity contribution >= 4 is 0 Å². The minimum Gasteiger partial charge on any atom is -0.494 e. The van der Waals surface area contributed by atoms with E-state index in [-0.39, 0.29) is 0 Å². The summed E-state index contributed by atoms with van der Waals surface area (Å²) >= 11 is 0. The van der Waals surface area contributed by atoms with E-state index in [1.807, 2.05) is 37.4 Å². The largest absolute Gasteiger partial charge is 0.494 e. The number of benzene rings is 2. The van der Waals surface area contributed by atoms with Crippen LogP contribution in [0, 0.1) is 13.8 Å². The fourth-order valence-corrected chi connectivity index (χ4v) is 2.50. The summed E-state index contributed by atoms with van der Waals surface area (Å²) in [5.41, 5.74) is 3.95. The van der Waals surface area contributed by atoms with E-state index in [1.54, 1.807) is 0 Å². The normalized spacial score (nSPS) is 12.2. The van der Waals surface area contributed by atoms with Gasteiger partial charge in [-0.15, -0.1) is 0 Å². The Morgan fingerprint density at radius 2 is 1.65 bits per heavy atom. The van der Waals surface area contributed by atoms with E-state index < -0.39 is 0 Å². The molecule has 2 aromatic rings. The van der Waals surface area contributed by atoms with Gasteiger partial charge in [0.2, 0.25) is 0 Å². The van der Waals surface area contributed by atoms with Gasteiger partial charge in [-0.2, -0.15) is 0 Å². The lowest BCUT2D eigenvalue weighted by Crippen LogP contribution is -2.19. The first-order valence-corrected chi connectivity index (χ1v) is 7.12. The number of rotatable bonds is 6. The number of aryl methyl sites for hydroxylation is 2. The summed E-state index contributed by atoms with van der Waals surface area (Å²) in [7, 11) is 2.00. The standard InChI is InChI=1S/C18H23NO/c1-14-11-15(2)13-16(12-14)18(19-3)9-10-20-17-7-5-4-6-8-17/h4-8,11-13,18-19H,9-10H2,1-3H3. The van der Waals surface area contributed by atoms with Crippen LogP contribution >= 0.6 is 0 Å². The van der Waals surface area contributed by atoms with Crippen molar-refractivity contribution in [3.63, 3.8) is 0 Å². The summed E-state index contributed by atoms with van der Waals surface area (Å²) in [5, 5.41) is 3.38. The van der Waals surface area contributed by atoms with Gasteiger partial charge in [0, 0.05) is 12.5 Å². The second-order valence-electron chi connectivity index (χ2n) is 5.21. The second kappa shape index (κ2) is 7.11. The molecule has 1 N–H and O–H groups in total. The molecule has 20 heavy (non-hydrogen) atoms. The Kier molecular flexibility index (Phi) is 5.19. The van der Waals surface area contributed by atoms with Crippen molar-refractivity contribution in [2.45, 2.75) is 26.3 Å². The Balaban J connectivity index is 1.95. The summed E-state index contributed by atoms with van der Waals surface area (Å²) in [6, 6.07) is 17.0. The predicted molar refractivity (Wildman–Crippen MR) is 84.3 cm³/mol. The highest BCUT2D eigenvalue weighted by Gasteiger charge is 2.10. The van der Waals surface area contributed by atoms with Gasteiger partial charge in [0.05, 0.1) is 6.61 Å². The lowest BCUT2D eigenvalue weighted by atomic mass is 9.99. The fraction of sp³-hybridized carbons (Fsp3) is 0.333. The van der Waals surface area contributed by atoms with Gasteiger partial charge >= 0.3 is 0 Å². The van der Waals surface area contributed by atoms with Crippen LogP contribution in [-0.4, -0.2) is 13.7 Å². The first-order chi connectivity index (χ1) is 9.69. The quantitative estimate of drug-likeness (QED) is 0.854. The van der Waals surface area contributed by atoms with Gasteiger partial charge in [-0.3, -0.25) is 0 Å². The lowest BCUT2D eigenvalue weighted by Gasteiger charge is -2.18. The number of ether oxygens (including phenoxy) is 1. The highest BCUT2D eigenvalue weighted by molar-refractivity contribution is 5.30. The van der Waals surface area contributed by atoms with Crippen LogP contribution in [0.1, 0.15) is 29.2 Å². The topological polar surface area (TPSA) is 21.3 Å². The maximum absolute atomic E-state index is 5.78. The van der Waals surface area contributed by atoms with Crippen LogP contribution in [0.3, 0.4) is 0 Å². The molecule has 0 aliphatic rings. The number of nitrogens with one attached hydrogen (secondary N) is 1. The summed E-state index contributed by atoms with van der Waals surface area (Å²) in [6.45, 7) is 5.00. The molecule has 2 heteroatoms. The molecule has 2 rings (SSSR count). The van der Waals surface area contributed by atoms with Crippen molar-refractivity contribution in [3.05, 3.63) is 65.2 Å². The second-order valence-corrected chi connectivity index (χ2v) is 5.21. The molecule has 0 fully saturated rings. The smallest absolute Gasteiger partial charge is 0.119 e. The third kappa shape index (κ3) is 4.10. The van der Waals surface area contributed by atoms with E-state index in [2.05, 4.69) is 37.4 Å². The molecule has 0 spiro atoms. The highest BCUT2D eigenvalue weighted by atomic mass is 16.5. The Labute approximate surface area is 121 Å². The van der Waals surface area contributed by atoms with Gasteiger partial charge in [-0.1, -0.05) is 47.5 Å². The zero-order valence-corrected chi connectivity index (χ0v) is 12.5. The molecule has 1 atom stereocenters. The molecule has 0 aliphatic carbocycles. The molecule has 0 radical (unpaired) electrons. The molecule has 0 saturated heterocycles. The average Bonchev–Trinajstić information content (AvgIpc) is 2.43. The van der Waals surface area contributed by atoms with Gasteiger partial charge < -0.3 is 10.1 Å². The van der Waals surface area contributed by atoms with Crippen LogP contribution in [0.5, 0.6) is 5.75 Å². The van der Waals surface area contributed by atoms with Crippen LogP contribution in [0.2, 0.25) is 0 Å². The Bertz CT molecular complexity index is 516. The third-order valence-electron chi connectivity index (χ3n) is 3.41. The number of hydrogen-bond acceptors (Lipinski definition) is 2. The molecule has 0 heterocycles. The van der Waals surface area contributed by atoms with Crippen LogP contribution < -0.4 is 10.1 Å². The third-order valence-corrected chi connectivity index (χ3v) is 3.41. The molecule has 106 valence electrons. The molecular formula is C18H23NO. The molecule has 0 saturated carbocycles. The monoisotopic (exact) mass is 269 g/mol. The van der Waals surface area contributed by atoms with E-state index in [4.69, 9.17) is 4.74 Å². The average molecular weight is 269 g/mol. The first-order valence-electron chi connectivity index (χ1n) is 7.12. The Hall–Kier alpha value is -1.80. The maximum atomic E-state index is 5.78. The van der Waals surface area contributed by atoms with Crippen LogP contribution in [0.25, 0.3) is 0 Å². The van der Waals surface area contributed by atoms with Crippen LogP contribution in [-0.2, 0) is 0 Å². The first kappa shape index (κ1) is 14.6. The molecule has 2 nitrogen and oxygen atoms in total. The van der Waals surface area contributed by atoms with E-state index in [9.17, 15) is 0 Å². The molecule has 0 aliphatic heterocycles. The van der Waals surface area contributed by atoms with Gasteiger partial charge in [0.15, 0.2) is 0 Å². The molecule has 0 bridgehead atoms. The SMILES string of the molecule is CNC(CCOc1ccccc1)c1cc(C)cc(C)c1. The van der Waals surface area contributed by atoms with Crippen LogP contribution in [0.4, 0.5) is 0 Å². The van der Waals surface area contributed by atoms with Crippen molar-refractivity contribution in [2.24, 2.45) is 0 Å². The summed E-state index contributed by atoms with van der Waals surface area (Å²) in [5.74, 6) is 0.933. The lowest BCUT2D eigenvalue weighted by molar-refractivity contribution is 0.290. The fourth-order valence-electron chi connectivity index (χ4n) is 2.50. The van der Waals surface area contributed by atoms with Crippen molar-refractivity contribution < 1.29 is 4.74 Å². The van der Waals surface area contributed by atoms with Crippen molar-refractivity contribution in [3.8, 4) is 5.75 Å². The van der Waals surface area contributed by atoms with Gasteiger partial charge in [-0.25, -0.2) is 0 Å². The molecule has 0 amide bonds.